The normalized spacial score (nSPS) is 18.2. The number of hydrogen-bond acceptors (Lipinski definition) is 2. The van der Waals surface area contributed by atoms with E-state index in [0.717, 1.165) is 0 Å². The lowest BCUT2D eigenvalue weighted by molar-refractivity contribution is -0.541. The van der Waals surface area contributed by atoms with E-state index in [1.165, 1.54) is 18.4 Å². The average Bonchev–Trinajstić information content (AvgIpc) is 1.93. The molecule has 0 aromatic heterocycles. The second kappa shape index (κ2) is 2.30. The third-order valence-corrected chi connectivity index (χ3v) is 0.855. The van der Waals surface area contributed by atoms with Gasteiger partial charge in [0.15, 0.2) is 4.87 Å². The van der Waals surface area contributed by atoms with E-state index < -0.39 is 0 Å². The van der Waals surface area contributed by atoms with Crippen molar-refractivity contribution in [3.8, 4) is 0 Å². The van der Waals surface area contributed by atoms with Gasteiger partial charge in [-0.05, 0) is 12.2 Å². The maximum atomic E-state index is 10.5. The molecule has 1 rings (SSSR count). The molecule has 0 bridgehead atoms. The topological polar surface area (TPSA) is 49.5 Å². The molecule has 0 saturated carbocycles. The molecule has 4 heteroatoms. The van der Waals surface area contributed by atoms with Gasteiger partial charge < -0.3 is 0 Å². The lowest BCUT2D eigenvalue weighted by atomic mass is 10.4. The fourth-order valence-corrected chi connectivity index (χ4v) is 0.490. The minimum atomic E-state index is -0.220. The Labute approximate surface area is 51.4 Å². The van der Waals surface area contributed by atoms with Crippen LogP contribution in [0.4, 0.5) is 0 Å². The molecule has 0 amide bonds. The molecule has 0 spiro atoms. The SMILES string of the molecule is O=C1C=CC=N[N+](=O)C1. The Bertz CT molecular complexity index is 183. The van der Waals surface area contributed by atoms with Crippen molar-refractivity contribution in [3.05, 3.63) is 17.1 Å². The Morgan fingerprint density at radius 2 is 2.44 bits per heavy atom. The molecule has 0 fully saturated rings. The predicted octanol–water partition coefficient (Wildman–Crippen LogP) is -0.110. The molecule has 0 unspecified atom stereocenters. The quantitative estimate of drug-likeness (QED) is 0.424. The average molecular weight is 125 g/mol. The van der Waals surface area contributed by atoms with E-state index in [2.05, 4.69) is 5.10 Å². The molecule has 0 aromatic rings. The summed E-state index contributed by atoms with van der Waals surface area (Å²) in [5.41, 5.74) is 0. The summed E-state index contributed by atoms with van der Waals surface area (Å²) in [6.45, 7) is -0.174. The summed E-state index contributed by atoms with van der Waals surface area (Å²) >= 11 is 0. The summed E-state index contributed by atoms with van der Waals surface area (Å²) in [4.78, 5) is 21.2. The lowest BCUT2D eigenvalue weighted by Crippen LogP contribution is -2.09. The van der Waals surface area contributed by atoms with Gasteiger partial charge in [-0.1, -0.05) is 0 Å². The summed E-state index contributed by atoms with van der Waals surface area (Å²) in [5.74, 6) is -0.220. The molecule has 0 atom stereocenters. The van der Waals surface area contributed by atoms with Crippen LogP contribution in [0.15, 0.2) is 17.3 Å². The molecule has 1 aliphatic rings. The number of carbonyl (C=O) groups excluding carboxylic acids is 1. The van der Waals surface area contributed by atoms with Crippen molar-refractivity contribution in [1.82, 2.24) is 0 Å². The first kappa shape index (κ1) is 5.81. The van der Waals surface area contributed by atoms with Crippen molar-refractivity contribution in [2.45, 2.75) is 0 Å². The minimum Gasteiger partial charge on any atom is -0.287 e. The molecule has 0 radical (unpaired) electrons. The third kappa shape index (κ3) is 1.56. The number of hydrazone groups is 1. The fourth-order valence-electron chi connectivity index (χ4n) is 0.490. The van der Waals surface area contributed by atoms with Gasteiger partial charge in [-0.25, -0.2) is 0 Å². The smallest absolute Gasteiger partial charge is 0.287 e. The van der Waals surface area contributed by atoms with Gasteiger partial charge in [-0.2, -0.15) is 0 Å². The largest absolute Gasteiger partial charge is 0.289 e. The number of nitrogens with zero attached hydrogens (tertiary/aromatic N) is 2. The first-order chi connectivity index (χ1) is 4.29. The number of ketones is 1. The fraction of sp³-hybridized carbons (Fsp3) is 0.200. The number of nitroso groups, excluding NO2 is 1. The highest BCUT2D eigenvalue weighted by atomic mass is 16.3. The van der Waals surface area contributed by atoms with Crippen LogP contribution in [0.3, 0.4) is 0 Å². The van der Waals surface area contributed by atoms with Crippen molar-refractivity contribution in [2.24, 2.45) is 5.10 Å². The van der Waals surface area contributed by atoms with Crippen molar-refractivity contribution in [1.29, 1.82) is 0 Å². The Morgan fingerprint density at radius 1 is 1.67 bits per heavy atom. The van der Waals surface area contributed by atoms with Crippen molar-refractivity contribution >= 4 is 12.0 Å². The van der Waals surface area contributed by atoms with Gasteiger partial charge in [0.2, 0.25) is 5.78 Å². The number of hydrogen-bond donors (Lipinski definition) is 0. The zero-order valence-corrected chi connectivity index (χ0v) is 4.65. The summed E-state index contributed by atoms with van der Waals surface area (Å²) in [6, 6.07) is 0. The molecule has 4 nitrogen and oxygen atoms in total. The van der Waals surface area contributed by atoms with Crippen LogP contribution in [0.5, 0.6) is 0 Å². The van der Waals surface area contributed by atoms with Gasteiger partial charge in [-0.3, -0.25) is 4.79 Å². The summed E-state index contributed by atoms with van der Waals surface area (Å²) < 4.78 is 0. The van der Waals surface area contributed by atoms with Crippen LogP contribution in [0, 0.1) is 4.91 Å². The second-order valence-corrected chi connectivity index (χ2v) is 1.60. The maximum Gasteiger partial charge on any atom is 0.289 e. The van der Waals surface area contributed by atoms with E-state index >= 15 is 0 Å². The van der Waals surface area contributed by atoms with Crippen LogP contribution in [0.25, 0.3) is 0 Å². The molecular weight excluding hydrogens is 120 g/mol. The Kier molecular flexibility index (Phi) is 1.48. The number of rotatable bonds is 0. The Morgan fingerprint density at radius 3 is 3.22 bits per heavy atom. The van der Waals surface area contributed by atoms with Crippen molar-refractivity contribution < 1.29 is 9.66 Å². The first-order valence-electron chi connectivity index (χ1n) is 2.47. The minimum absolute atomic E-state index is 0.174. The predicted molar refractivity (Wildman–Crippen MR) is 31.1 cm³/mol. The Hall–Kier alpha value is -1.32. The zero-order valence-electron chi connectivity index (χ0n) is 4.65. The molecule has 0 aromatic carbocycles. The van der Waals surface area contributed by atoms with E-state index in [1.54, 1.807) is 0 Å². The molecule has 9 heavy (non-hydrogen) atoms. The zero-order chi connectivity index (χ0) is 6.69. The third-order valence-electron chi connectivity index (χ3n) is 0.855. The molecule has 1 aliphatic heterocycles. The van der Waals surface area contributed by atoms with Gasteiger partial charge >= 0.3 is 0 Å². The van der Waals surface area contributed by atoms with E-state index in [-0.39, 0.29) is 12.3 Å². The van der Waals surface area contributed by atoms with Crippen LogP contribution >= 0.6 is 0 Å². The van der Waals surface area contributed by atoms with Gasteiger partial charge in [0, 0.05) is 5.10 Å². The summed E-state index contributed by atoms with van der Waals surface area (Å²) in [6.07, 6.45) is 4.06. The van der Waals surface area contributed by atoms with Gasteiger partial charge in [-0.15, -0.1) is 0 Å². The van der Waals surface area contributed by atoms with Crippen molar-refractivity contribution in [2.75, 3.05) is 6.54 Å². The van der Waals surface area contributed by atoms with E-state index in [4.69, 9.17) is 0 Å². The standard InChI is InChI=1S/C5H5N2O2/c8-5-2-1-3-6-7(9)4-5/h1-3H,4H2/q+1. The number of allylic oxidation sites excluding steroid dienone is 1. The summed E-state index contributed by atoms with van der Waals surface area (Å²) in [5, 5.41) is 3.32. The van der Waals surface area contributed by atoms with Crippen LogP contribution < -0.4 is 0 Å². The van der Waals surface area contributed by atoms with E-state index in [0.29, 0.717) is 4.87 Å². The first-order valence-corrected chi connectivity index (χ1v) is 2.47. The van der Waals surface area contributed by atoms with Crippen LogP contribution in [-0.4, -0.2) is 23.4 Å². The van der Waals surface area contributed by atoms with E-state index in [9.17, 15) is 9.70 Å². The monoisotopic (exact) mass is 125 g/mol. The van der Waals surface area contributed by atoms with Crippen LogP contribution in [-0.2, 0) is 4.79 Å². The van der Waals surface area contributed by atoms with Gasteiger partial charge in [0.25, 0.3) is 6.54 Å². The van der Waals surface area contributed by atoms with Crippen LogP contribution in [0.1, 0.15) is 0 Å². The Balaban J connectivity index is 2.76. The van der Waals surface area contributed by atoms with E-state index in [1.807, 2.05) is 0 Å². The maximum absolute atomic E-state index is 10.5. The highest BCUT2D eigenvalue weighted by Crippen LogP contribution is 1.84. The highest BCUT2D eigenvalue weighted by molar-refractivity contribution is 5.94. The molecular formula is C5H5N2O2+. The number of carbonyl (C=O) groups is 1. The second-order valence-electron chi connectivity index (χ2n) is 1.60. The van der Waals surface area contributed by atoms with Crippen LogP contribution in [0.2, 0.25) is 0 Å². The van der Waals surface area contributed by atoms with Crippen molar-refractivity contribution in [3.63, 3.8) is 0 Å². The highest BCUT2D eigenvalue weighted by Gasteiger charge is 2.12. The van der Waals surface area contributed by atoms with Gasteiger partial charge in [0.05, 0.1) is 11.1 Å². The molecule has 46 valence electrons. The van der Waals surface area contributed by atoms with Gasteiger partial charge in [0.1, 0.15) is 0 Å². The molecule has 1 heterocycles. The molecule has 0 N–H and O–H groups in total. The molecule has 0 aliphatic carbocycles. The lowest BCUT2D eigenvalue weighted by Gasteiger charge is -1.74. The summed E-state index contributed by atoms with van der Waals surface area (Å²) in [7, 11) is 0. The molecule has 0 saturated heterocycles.